The van der Waals surface area contributed by atoms with Crippen molar-refractivity contribution in [1.29, 1.82) is 0 Å². The van der Waals surface area contributed by atoms with Crippen LogP contribution in [-0.2, 0) is 6.42 Å². The molecule has 5 heteroatoms. The van der Waals surface area contributed by atoms with Crippen LogP contribution in [0.4, 0.5) is 4.39 Å². The topological polar surface area (TPSA) is 64.9 Å². The van der Waals surface area contributed by atoms with Crippen molar-refractivity contribution in [1.82, 2.24) is 10.1 Å². The first-order valence-corrected chi connectivity index (χ1v) is 6.01. The molecule has 96 valence electrons. The Labute approximate surface area is 105 Å². The third kappa shape index (κ3) is 3.13. The first-order valence-electron chi connectivity index (χ1n) is 6.01. The molecular formula is C13H16FN3O. The molecule has 0 aliphatic rings. The smallest absolute Gasteiger partial charge is 0.243 e. The van der Waals surface area contributed by atoms with Crippen LogP contribution in [0, 0.1) is 5.82 Å². The molecule has 18 heavy (non-hydrogen) atoms. The second-order valence-electron chi connectivity index (χ2n) is 4.25. The molecule has 0 spiro atoms. The summed E-state index contributed by atoms with van der Waals surface area (Å²) in [6.07, 6.45) is 2.30. The summed E-state index contributed by atoms with van der Waals surface area (Å²) >= 11 is 0. The summed E-state index contributed by atoms with van der Waals surface area (Å²) in [4.78, 5) is 4.25. The number of hydrogen-bond acceptors (Lipinski definition) is 4. The van der Waals surface area contributed by atoms with Crippen molar-refractivity contribution in [3.63, 3.8) is 0 Å². The average Bonchev–Trinajstić information content (AvgIpc) is 2.81. The minimum Gasteiger partial charge on any atom is -0.338 e. The van der Waals surface area contributed by atoms with Crippen LogP contribution in [0.15, 0.2) is 28.8 Å². The Balaban J connectivity index is 2.04. The highest BCUT2D eigenvalue weighted by molar-refractivity contribution is 5.19. The van der Waals surface area contributed by atoms with Gasteiger partial charge in [-0.1, -0.05) is 30.6 Å². The van der Waals surface area contributed by atoms with Gasteiger partial charge in [0.1, 0.15) is 5.82 Å². The van der Waals surface area contributed by atoms with Crippen LogP contribution >= 0.6 is 0 Å². The molecule has 0 aliphatic carbocycles. The van der Waals surface area contributed by atoms with Crippen LogP contribution in [0.25, 0.3) is 0 Å². The summed E-state index contributed by atoms with van der Waals surface area (Å²) in [7, 11) is 0. The Bertz CT molecular complexity index is 495. The summed E-state index contributed by atoms with van der Waals surface area (Å²) in [6.45, 7) is 2.05. The molecule has 2 N–H and O–H groups in total. The van der Waals surface area contributed by atoms with Crippen molar-refractivity contribution in [2.24, 2.45) is 5.73 Å². The predicted molar refractivity (Wildman–Crippen MR) is 65.3 cm³/mol. The fourth-order valence-corrected chi connectivity index (χ4v) is 1.71. The molecule has 0 saturated carbocycles. The highest BCUT2D eigenvalue weighted by Gasteiger charge is 2.13. The molecular weight excluding hydrogens is 233 g/mol. The van der Waals surface area contributed by atoms with Crippen molar-refractivity contribution >= 4 is 0 Å². The van der Waals surface area contributed by atoms with Gasteiger partial charge in [0, 0.05) is 6.42 Å². The maximum atomic E-state index is 12.8. The molecule has 1 aromatic carbocycles. The van der Waals surface area contributed by atoms with Gasteiger partial charge in [-0.3, -0.25) is 0 Å². The average molecular weight is 249 g/mol. The van der Waals surface area contributed by atoms with E-state index in [1.54, 1.807) is 12.1 Å². The number of nitrogens with zero attached hydrogens (tertiary/aromatic N) is 2. The fourth-order valence-electron chi connectivity index (χ4n) is 1.71. The van der Waals surface area contributed by atoms with Crippen LogP contribution in [0.1, 0.15) is 43.1 Å². The van der Waals surface area contributed by atoms with E-state index in [0.717, 1.165) is 18.4 Å². The van der Waals surface area contributed by atoms with Gasteiger partial charge in [0.15, 0.2) is 5.82 Å². The van der Waals surface area contributed by atoms with E-state index >= 15 is 0 Å². The van der Waals surface area contributed by atoms with Gasteiger partial charge in [-0.25, -0.2) is 4.39 Å². The van der Waals surface area contributed by atoms with Crippen molar-refractivity contribution in [3.05, 3.63) is 47.4 Å². The summed E-state index contributed by atoms with van der Waals surface area (Å²) in [5.74, 6) is 0.787. The summed E-state index contributed by atoms with van der Waals surface area (Å²) in [5, 5.41) is 3.88. The van der Waals surface area contributed by atoms with E-state index < -0.39 is 0 Å². The largest absolute Gasteiger partial charge is 0.338 e. The lowest BCUT2D eigenvalue weighted by atomic mass is 10.1. The van der Waals surface area contributed by atoms with E-state index in [1.165, 1.54) is 12.1 Å². The maximum absolute atomic E-state index is 12.8. The zero-order valence-electron chi connectivity index (χ0n) is 10.3. The normalized spacial score (nSPS) is 12.6. The van der Waals surface area contributed by atoms with Crippen molar-refractivity contribution < 1.29 is 8.91 Å². The summed E-state index contributed by atoms with van der Waals surface area (Å²) in [6, 6.07) is 6.04. The van der Waals surface area contributed by atoms with E-state index in [0.29, 0.717) is 18.1 Å². The van der Waals surface area contributed by atoms with E-state index in [4.69, 9.17) is 10.3 Å². The number of nitrogens with two attached hydrogens (primary N) is 1. The molecule has 0 amide bonds. The Morgan fingerprint density at radius 3 is 2.72 bits per heavy atom. The van der Waals surface area contributed by atoms with Gasteiger partial charge in [0.25, 0.3) is 0 Å². The van der Waals surface area contributed by atoms with Crippen LogP contribution in [0.3, 0.4) is 0 Å². The lowest BCUT2D eigenvalue weighted by Crippen LogP contribution is -2.10. The quantitative estimate of drug-likeness (QED) is 0.884. The fraction of sp³-hybridized carbons (Fsp3) is 0.385. The standard InChI is InChI=1S/C13H16FN3O/c1-2-3-11(15)13-16-12(17-18-13)8-9-4-6-10(14)7-5-9/h4-7,11H,2-3,8,15H2,1H3/t11-/m0/s1. The first kappa shape index (κ1) is 12.7. The summed E-state index contributed by atoms with van der Waals surface area (Å²) in [5.41, 5.74) is 6.82. The third-order valence-electron chi connectivity index (χ3n) is 2.68. The molecule has 2 aromatic rings. The SMILES string of the molecule is CCC[C@H](N)c1nc(Cc2ccc(F)cc2)no1. The van der Waals surface area contributed by atoms with Gasteiger partial charge < -0.3 is 10.3 Å². The molecule has 2 rings (SSSR count). The number of hydrogen-bond donors (Lipinski definition) is 1. The van der Waals surface area contributed by atoms with E-state index in [2.05, 4.69) is 17.1 Å². The Kier molecular flexibility index (Phi) is 4.04. The van der Waals surface area contributed by atoms with E-state index in [-0.39, 0.29) is 11.9 Å². The third-order valence-corrected chi connectivity index (χ3v) is 2.68. The molecule has 4 nitrogen and oxygen atoms in total. The van der Waals surface area contributed by atoms with Crippen LogP contribution in [0.5, 0.6) is 0 Å². The number of aromatic nitrogens is 2. The van der Waals surface area contributed by atoms with E-state index in [1.807, 2.05) is 0 Å². The molecule has 0 aliphatic heterocycles. The van der Waals surface area contributed by atoms with Gasteiger partial charge in [-0.05, 0) is 24.1 Å². The van der Waals surface area contributed by atoms with Crippen molar-refractivity contribution in [3.8, 4) is 0 Å². The highest BCUT2D eigenvalue weighted by Crippen LogP contribution is 2.15. The zero-order chi connectivity index (χ0) is 13.0. The van der Waals surface area contributed by atoms with Gasteiger partial charge in [-0.15, -0.1) is 0 Å². The molecule has 1 atom stereocenters. The van der Waals surface area contributed by atoms with Gasteiger partial charge in [0.2, 0.25) is 5.89 Å². The maximum Gasteiger partial charge on any atom is 0.243 e. The van der Waals surface area contributed by atoms with Crippen molar-refractivity contribution in [2.75, 3.05) is 0 Å². The summed E-state index contributed by atoms with van der Waals surface area (Å²) < 4.78 is 17.9. The lowest BCUT2D eigenvalue weighted by Gasteiger charge is -2.02. The van der Waals surface area contributed by atoms with Crippen LogP contribution in [0.2, 0.25) is 0 Å². The molecule has 0 bridgehead atoms. The van der Waals surface area contributed by atoms with Crippen LogP contribution < -0.4 is 5.73 Å². The molecule has 1 aromatic heterocycles. The zero-order valence-corrected chi connectivity index (χ0v) is 10.3. The molecule has 0 radical (unpaired) electrons. The molecule has 1 heterocycles. The van der Waals surface area contributed by atoms with Gasteiger partial charge >= 0.3 is 0 Å². The molecule has 0 saturated heterocycles. The van der Waals surface area contributed by atoms with Crippen LogP contribution in [-0.4, -0.2) is 10.1 Å². The Morgan fingerprint density at radius 1 is 1.33 bits per heavy atom. The monoisotopic (exact) mass is 249 g/mol. The highest BCUT2D eigenvalue weighted by atomic mass is 19.1. The number of benzene rings is 1. The predicted octanol–water partition coefficient (Wildman–Crippen LogP) is 2.60. The number of rotatable bonds is 5. The second kappa shape index (κ2) is 5.73. The molecule has 0 fully saturated rings. The van der Waals surface area contributed by atoms with Gasteiger partial charge in [0.05, 0.1) is 6.04 Å². The lowest BCUT2D eigenvalue weighted by molar-refractivity contribution is 0.345. The first-order chi connectivity index (χ1) is 8.69. The van der Waals surface area contributed by atoms with Gasteiger partial charge in [-0.2, -0.15) is 4.98 Å². The molecule has 0 unspecified atom stereocenters. The second-order valence-corrected chi connectivity index (χ2v) is 4.25. The van der Waals surface area contributed by atoms with Crippen molar-refractivity contribution in [2.45, 2.75) is 32.2 Å². The van der Waals surface area contributed by atoms with E-state index in [9.17, 15) is 4.39 Å². The minimum atomic E-state index is -0.252. The Morgan fingerprint density at radius 2 is 2.06 bits per heavy atom. The Hall–Kier alpha value is -1.75. The minimum absolute atomic E-state index is 0.204. The number of halogens is 1.